The summed E-state index contributed by atoms with van der Waals surface area (Å²) in [4.78, 5) is 73.7. The molecule has 0 aromatic heterocycles. The zero-order valence-electron chi connectivity index (χ0n) is 31.3. The number of imide groups is 1. The topological polar surface area (TPSA) is 146 Å². The molecule has 1 saturated heterocycles. The molecule has 0 atom stereocenters. The fourth-order valence-corrected chi connectivity index (χ4v) is 7.84. The second-order valence-electron chi connectivity index (χ2n) is 14.7. The van der Waals surface area contributed by atoms with Crippen molar-refractivity contribution in [3.8, 4) is 0 Å². The first kappa shape index (κ1) is 37.4. The number of anilines is 1. The Balaban J connectivity index is 1.32. The molecule has 1 fully saturated rings. The number of carboxylic acids is 1. The maximum atomic E-state index is 13.3. The highest BCUT2D eigenvalue weighted by atomic mass is 16.7. The number of fused-ring (bicyclic) bond motifs is 3. The van der Waals surface area contributed by atoms with Crippen LogP contribution in [-0.4, -0.2) is 72.7 Å². The maximum Gasteiger partial charge on any atom is 0.336 e. The third kappa shape index (κ3) is 7.34. The second-order valence-corrected chi connectivity index (χ2v) is 14.7. The molecule has 2 aliphatic heterocycles. The van der Waals surface area contributed by atoms with Crippen LogP contribution < -0.4 is 10.2 Å². The minimum Gasteiger partial charge on any atom is -0.478 e. The number of hydrogen-bond acceptors (Lipinski definition) is 8. The quantitative estimate of drug-likeness (QED) is 0.187. The Morgan fingerprint density at radius 1 is 0.981 bits per heavy atom. The predicted octanol–water partition coefficient (Wildman–Crippen LogP) is 6.50. The highest BCUT2D eigenvalue weighted by molar-refractivity contribution is 6.14. The summed E-state index contributed by atoms with van der Waals surface area (Å²) in [6.45, 7) is 7.82. The fraction of sp³-hybridized carbons (Fsp3) is 0.429. The summed E-state index contributed by atoms with van der Waals surface area (Å²) in [6.07, 6.45) is 10.1. The summed E-state index contributed by atoms with van der Waals surface area (Å²) in [5.41, 5.74) is 9.96. The van der Waals surface area contributed by atoms with E-state index in [1.807, 2.05) is 7.05 Å². The van der Waals surface area contributed by atoms with Crippen LogP contribution in [-0.2, 0) is 31.1 Å². The van der Waals surface area contributed by atoms with Gasteiger partial charge in [-0.15, -0.1) is 5.06 Å². The number of benzene rings is 2. The van der Waals surface area contributed by atoms with E-state index >= 15 is 0 Å². The van der Waals surface area contributed by atoms with Crippen molar-refractivity contribution in [1.82, 2.24) is 10.4 Å². The number of unbranched alkanes of at least 4 members (excludes halogenated alkanes) is 2. The van der Waals surface area contributed by atoms with Gasteiger partial charge in [0.15, 0.2) is 0 Å². The first-order chi connectivity index (χ1) is 25.3. The van der Waals surface area contributed by atoms with Crippen molar-refractivity contribution in [1.29, 1.82) is 0 Å². The van der Waals surface area contributed by atoms with Crippen molar-refractivity contribution in [3.63, 3.8) is 0 Å². The van der Waals surface area contributed by atoms with Gasteiger partial charge in [0.2, 0.25) is 0 Å². The Morgan fingerprint density at radius 3 is 2.43 bits per heavy atom. The van der Waals surface area contributed by atoms with Crippen molar-refractivity contribution >= 4 is 46.6 Å². The third-order valence-corrected chi connectivity index (χ3v) is 10.8. The van der Waals surface area contributed by atoms with Gasteiger partial charge in [0.25, 0.3) is 17.7 Å². The first-order valence-corrected chi connectivity index (χ1v) is 18.6. The molecule has 6 rings (SSSR count). The van der Waals surface area contributed by atoms with Gasteiger partial charge in [0, 0.05) is 63.1 Å². The monoisotopic (exact) mass is 720 g/mol. The number of rotatable bonds is 12. The molecular weight excluding hydrogens is 672 g/mol. The molecule has 11 heteroatoms. The van der Waals surface area contributed by atoms with Gasteiger partial charge in [-0.25, -0.2) is 9.59 Å². The average molecular weight is 721 g/mol. The van der Waals surface area contributed by atoms with E-state index in [1.54, 1.807) is 12.1 Å². The molecule has 278 valence electrons. The summed E-state index contributed by atoms with van der Waals surface area (Å²) in [5.74, 6) is -3.33. The van der Waals surface area contributed by atoms with E-state index in [9.17, 15) is 29.1 Å². The molecule has 2 aromatic carbocycles. The summed E-state index contributed by atoms with van der Waals surface area (Å²) < 4.78 is 0. The lowest BCUT2D eigenvalue weighted by Crippen LogP contribution is -2.32. The van der Waals surface area contributed by atoms with E-state index in [-0.39, 0.29) is 36.9 Å². The molecule has 0 radical (unpaired) electrons. The van der Waals surface area contributed by atoms with E-state index < -0.39 is 35.1 Å². The van der Waals surface area contributed by atoms with Crippen LogP contribution in [0.25, 0.3) is 5.57 Å². The van der Waals surface area contributed by atoms with E-state index in [0.29, 0.717) is 23.5 Å². The minimum atomic E-state index is -1.13. The second kappa shape index (κ2) is 15.3. The smallest absolute Gasteiger partial charge is 0.336 e. The normalized spacial score (nSPS) is 18.3. The molecule has 2 aromatic rings. The van der Waals surface area contributed by atoms with Crippen LogP contribution >= 0.6 is 0 Å². The summed E-state index contributed by atoms with van der Waals surface area (Å²) >= 11 is 0. The lowest BCUT2D eigenvalue weighted by molar-refractivity contribution is -0.197. The Hall–Kier alpha value is -5.32. The largest absolute Gasteiger partial charge is 0.478 e. The van der Waals surface area contributed by atoms with Crippen LogP contribution in [0.4, 0.5) is 5.69 Å². The van der Waals surface area contributed by atoms with Gasteiger partial charge in [-0.3, -0.25) is 19.4 Å². The number of aromatic carboxylic acids is 1. The van der Waals surface area contributed by atoms with Crippen molar-refractivity contribution in [3.05, 3.63) is 92.6 Å². The molecule has 2 N–H and O–H groups in total. The van der Waals surface area contributed by atoms with Crippen molar-refractivity contribution in [2.75, 3.05) is 32.1 Å². The van der Waals surface area contributed by atoms with Crippen molar-refractivity contribution in [2.24, 2.45) is 4.99 Å². The molecule has 4 aliphatic rings. The molecule has 53 heavy (non-hydrogen) atoms. The Bertz CT molecular complexity index is 2000. The zero-order valence-corrected chi connectivity index (χ0v) is 31.3. The molecule has 2 aliphatic carbocycles. The van der Waals surface area contributed by atoms with Gasteiger partial charge in [-0.1, -0.05) is 33.3 Å². The summed E-state index contributed by atoms with van der Waals surface area (Å²) in [5, 5.41) is 14.0. The van der Waals surface area contributed by atoms with E-state index in [1.165, 1.54) is 17.3 Å². The van der Waals surface area contributed by atoms with E-state index in [2.05, 4.69) is 67.3 Å². The van der Waals surface area contributed by atoms with Gasteiger partial charge in [-0.05, 0) is 119 Å². The van der Waals surface area contributed by atoms with Gasteiger partial charge in [-0.2, -0.15) is 0 Å². The number of amides is 3. The zero-order chi connectivity index (χ0) is 38.0. The lowest BCUT2D eigenvalue weighted by atomic mass is 9.63. The van der Waals surface area contributed by atoms with Crippen LogP contribution in [0.15, 0.2) is 64.2 Å². The number of allylic oxidation sites excluding steroid dienone is 5. The maximum absolute atomic E-state index is 13.3. The Kier molecular flexibility index (Phi) is 10.8. The summed E-state index contributed by atoms with van der Waals surface area (Å²) in [7, 11) is 3.94. The number of carbonyl (C=O) groups is 5. The molecule has 0 unspecified atom stereocenters. The van der Waals surface area contributed by atoms with Crippen LogP contribution in [0.1, 0.15) is 122 Å². The molecule has 0 saturated carbocycles. The van der Waals surface area contributed by atoms with Gasteiger partial charge >= 0.3 is 11.9 Å². The van der Waals surface area contributed by atoms with Crippen LogP contribution in [0.3, 0.4) is 0 Å². The van der Waals surface area contributed by atoms with Crippen LogP contribution in [0.5, 0.6) is 0 Å². The third-order valence-electron chi connectivity index (χ3n) is 10.8. The van der Waals surface area contributed by atoms with E-state index in [4.69, 9.17) is 4.84 Å². The number of nitrogens with one attached hydrogen (secondary N) is 1. The summed E-state index contributed by atoms with van der Waals surface area (Å²) in [6, 6.07) is 9.41. The van der Waals surface area contributed by atoms with E-state index in [0.717, 1.165) is 77.8 Å². The molecule has 0 bridgehead atoms. The minimum absolute atomic E-state index is 0.0246. The number of aliphatic imine (C=N–C) groups is 1. The number of carboxylic acid groups (broad SMARTS) is 1. The number of carbonyl (C=O) groups excluding carboxylic acids is 4. The fourth-order valence-electron chi connectivity index (χ4n) is 7.84. The molecule has 11 nitrogen and oxygen atoms in total. The molecular formula is C42H48N4O7. The molecule has 2 heterocycles. The number of nitrogens with zero attached hydrogens (tertiary/aromatic N) is 3. The lowest BCUT2D eigenvalue weighted by Gasteiger charge is -2.42. The van der Waals surface area contributed by atoms with Crippen LogP contribution in [0.2, 0.25) is 0 Å². The standard InChI is InChI=1S/C42H48N4O7/c1-6-7-11-25-20-30-32(23-34(25)43-4)42(2,3)33-24-35-26(12-10-19-45(35)5)21-31(33)39(30)28-15-14-27(22-29(28)41(51)52)40(50)44-18-9-8-13-38(49)53-46-36(47)16-17-37(46)48/h14-15,20-24H,6-13,16-19H2,1-5H3,(H,44,50)(H,51,52)/b43-34+. The number of aryl methyl sites for hydroxylation is 1. The van der Waals surface area contributed by atoms with Gasteiger partial charge in [0.1, 0.15) is 0 Å². The SMILES string of the molecule is CCCCC1=CC2=C(c3ccc(C(=O)NCCCCC(=O)ON4C(=O)CCC4=O)cc3C(=O)O)c3cc4c(cc3C(C)(C)C2=C/C1=N\C)N(C)CCC4. The number of hydrogen-bond donors (Lipinski definition) is 2. The first-order valence-electron chi connectivity index (χ1n) is 18.6. The average Bonchev–Trinajstić information content (AvgIpc) is 3.45. The highest BCUT2D eigenvalue weighted by Gasteiger charge is 2.41. The molecule has 0 spiro atoms. The molecule has 3 amide bonds. The Morgan fingerprint density at radius 2 is 1.74 bits per heavy atom. The predicted molar refractivity (Wildman–Crippen MR) is 203 cm³/mol. The van der Waals surface area contributed by atoms with Gasteiger partial charge in [0.05, 0.1) is 11.3 Å². The Labute approximate surface area is 310 Å². The number of hydroxylamine groups is 2. The van der Waals surface area contributed by atoms with Crippen molar-refractivity contribution in [2.45, 2.75) is 90.4 Å². The van der Waals surface area contributed by atoms with Crippen LogP contribution in [0, 0.1) is 0 Å². The highest BCUT2D eigenvalue weighted by Crippen LogP contribution is 2.52. The van der Waals surface area contributed by atoms with Crippen molar-refractivity contribution < 1.29 is 33.9 Å². The van der Waals surface area contributed by atoms with Gasteiger partial charge < -0.3 is 20.2 Å².